The summed E-state index contributed by atoms with van der Waals surface area (Å²) in [6, 6.07) is 4.07. The van der Waals surface area contributed by atoms with Gasteiger partial charge in [-0.25, -0.2) is 0 Å². The number of amides is 1. The molecule has 5 nitrogen and oxygen atoms in total. The van der Waals surface area contributed by atoms with Gasteiger partial charge in [-0.3, -0.25) is 9.69 Å². The van der Waals surface area contributed by atoms with E-state index < -0.39 is 0 Å². The van der Waals surface area contributed by atoms with Gasteiger partial charge in [0, 0.05) is 26.1 Å². The van der Waals surface area contributed by atoms with Crippen LogP contribution in [0.15, 0.2) is 16.5 Å². The highest BCUT2D eigenvalue weighted by molar-refractivity contribution is 5.75. The molecule has 1 amide bonds. The van der Waals surface area contributed by atoms with Crippen molar-refractivity contribution in [3.05, 3.63) is 23.7 Å². The van der Waals surface area contributed by atoms with Gasteiger partial charge in [-0.2, -0.15) is 0 Å². The zero-order valence-electron chi connectivity index (χ0n) is 13.9. The Morgan fingerprint density at radius 1 is 1.32 bits per heavy atom. The van der Waals surface area contributed by atoms with Crippen LogP contribution in [-0.4, -0.2) is 43.7 Å². The lowest BCUT2D eigenvalue weighted by Gasteiger charge is -2.33. The van der Waals surface area contributed by atoms with E-state index in [2.05, 4.69) is 24.1 Å². The van der Waals surface area contributed by atoms with Crippen molar-refractivity contribution in [3.63, 3.8) is 0 Å². The summed E-state index contributed by atoms with van der Waals surface area (Å²) in [6.45, 7) is 10.0. The van der Waals surface area contributed by atoms with E-state index in [4.69, 9.17) is 9.15 Å². The van der Waals surface area contributed by atoms with Crippen LogP contribution in [0.3, 0.4) is 0 Å². The molecule has 5 heteroatoms. The molecule has 1 aliphatic heterocycles. The Balaban J connectivity index is 1.94. The molecule has 0 saturated carbocycles. The van der Waals surface area contributed by atoms with Gasteiger partial charge in [-0.05, 0) is 31.4 Å². The normalized spacial score (nSPS) is 17.6. The van der Waals surface area contributed by atoms with Gasteiger partial charge in [0.2, 0.25) is 5.91 Å². The topological polar surface area (TPSA) is 54.7 Å². The molecule has 1 saturated heterocycles. The number of hydrogen-bond donors (Lipinski definition) is 1. The Labute approximate surface area is 133 Å². The first-order valence-corrected chi connectivity index (χ1v) is 8.21. The highest BCUT2D eigenvalue weighted by atomic mass is 16.5. The lowest BCUT2D eigenvalue weighted by molar-refractivity contribution is -0.121. The van der Waals surface area contributed by atoms with Crippen LogP contribution in [-0.2, 0) is 9.53 Å². The summed E-state index contributed by atoms with van der Waals surface area (Å²) in [7, 11) is 0. The molecule has 1 unspecified atom stereocenters. The zero-order chi connectivity index (χ0) is 15.9. The van der Waals surface area contributed by atoms with E-state index in [0.29, 0.717) is 18.9 Å². The number of aryl methyl sites for hydroxylation is 1. The second-order valence-electron chi connectivity index (χ2n) is 6.35. The van der Waals surface area contributed by atoms with E-state index in [1.807, 2.05) is 19.1 Å². The summed E-state index contributed by atoms with van der Waals surface area (Å²) in [5.41, 5.74) is 0. The molecule has 0 radical (unpaired) electrons. The van der Waals surface area contributed by atoms with Gasteiger partial charge in [0.05, 0.1) is 19.3 Å². The predicted molar refractivity (Wildman–Crippen MR) is 85.7 cm³/mol. The van der Waals surface area contributed by atoms with E-state index in [1.165, 1.54) is 0 Å². The second kappa shape index (κ2) is 8.34. The maximum absolute atomic E-state index is 12.0. The molecule has 0 bridgehead atoms. The number of ether oxygens (including phenoxy) is 1. The Morgan fingerprint density at radius 3 is 2.64 bits per heavy atom. The van der Waals surface area contributed by atoms with E-state index in [0.717, 1.165) is 44.2 Å². The summed E-state index contributed by atoms with van der Waals surface area (Å²) < 4.78 is 11.2. The second-order valence-corrected chi connectivity index (χ2v) is 6.35. The molecule has 1 atom stereocenters. The van der Waals surface area contributed by atoms with Crippen LogP contribution in [0.5, 0.6) is 0 Å². The smallest absolute Gasteiger partial charge is 0.220 e. The van der Waals surface area contributed by atoms with Crippen molar-refractivity contribution in [2.45, 2.75) is 39.7 Å². The molecule has 0 aromatic carbocycles. The number of morpholine rings is 1. The van der Waals surface area contributed by atoms with Crippen molar-refractivity contribution in [1.82, 2.24) is 10.2 Å². The van der Waals surface area contributed by atoms with Gasteiger partial charge < -0.3 is 14.5 Å². The molecule has 1 aliphatic rings. The van der Waals surface area contributed by atoms with Crippen molar-refractivity contribution < 1.29 is 13.9 Å². The van der Waals surface area contributed by atoms with Crippen molar-refractivity contribution in [1.29, 1.82) is 0 Å². The van der Waals surface area contributed by atoms with Crippen molar-refractivity contribution >= 4 is 5.91 Å². The standard InChI is InChI=1S/C17H28N2O3/c1-13(2)4-7-17(20)18-12-15(16-6-5-14(3)22-16)19-8-10-21-11-9-19/h5-6,13,15H,4,7-12H2,1-3H3,(H,18,20). The van der Waals surface area contributed by atoms with Gasteiger partial charge in [-0.15, -0.1) is 0 Å². The summed E-state index contributed by atoms with van der Waals surface area (Å²) in [6.07, 6.45) is 1.51. The van der Waals surface area contributed by atoms with Crippen molar-refractivity contribution in [2.24, 2.45) is 5.92 Å². The fourth-order valence-electron chi connectivity index (χ4n) is 2.65. The van der Waals surface area contributed by atoms with Crippen LogP contribution in [0.1, 0.15) is 44.3 Å². The highest BCUT2D eigenvalue weighted by Crippen LogP contribution is 2.23. The number of nitrogens with one attached hydrogen (secondary N) is 1. The Morgan fingerprint density at radius 2 is 2.05 bits per heavy atom. The minimum Gasteiger partial charge on any atom is -0.465 e. The first kappa shape index (κ1) is 17.0. The van der Waals surface area contributed by atoms with Gasteiger partial charge in [0.15, 0.2) is 0 Å². The number of nitrogens with zero attached hydrogens (tertiary/aromatic N) is 1. The molecular formula is C17H28N2O3. The summed E-state index contributed by atoms with van der Waals surface area (Å²) in [5.74, 6) is 2.49. The SMILES string of the molecule is Cc1ccc(C(CNC(=O)CCC(C)C)N2CCOCC2)o1. The average molecular weight is 308 g/mol. The molecule has 124 valence electrons. The predicted octanol–water partition coefficient (Wildman–Crippen LogP) is 2.51. The molecule has 2 heterocycles. The third-order valence-electron chi connectivity index (χ3n) is 4.02. The van der Waals surface area contributed by atoms with Gasteiger partial charge in [-0.1, -0.05) is 13.8 Å². The molecule has 0 aliphatic carbocycles. The molecule has 2 rings (SSSR count). The minimum atomic E-state index is 0.0839. The molecule has 22 heavy (non-hydrogen) atoms. The quantitative estimate of drug-likeness (QED) is 0.841. The molecule has 1 aromatic rings. The molecule has 0 spiro atoms. The van der Waals surface area contributed by atoms with Gasteiger partial charge in [0.25, 0.3) is 0 Å². The van der Waals surface area contributed by atoms with Gasteiger partial charge in [0.1, 0.15) is 11.5 Å². The van der Waals surface area contributed by atoms with Crippen LogP contribution in [0.25, 0.3) is 0 Å². The molecule has 1 fully saturated rings. The van der Waals surface area contributed by atoms with Crippen LogP contribution in [0, 0.1) is 12.8 Å². The van der Waals surface area contributed by atoms with Crippen molar-refractivity contribution in [3.8, 4) is 0 Å². The number of furan rings is 1. The zero-order valence-corrected chi connectivity index (χ0v) is 13.9. The van der Waals surface area contributed by atoms with E-state index in [9.17, 15) is 4.79 Å². The number of rotatable bonds is 7. The number of carbonyl (C=O) groups excluding carboxylic acids is 1. The highest BCUT2D eigenvalue weighted by Gasteiger charge is 2.25. The maximum atomic E-state index is 12.0. The number of carbonyl (C=O) groups is 1. The Kier molecular flexibility index (Phi) is 6.46. The lowest BCUT2D eigenvalue weighted by Crippen LogP contribution is -2.43. The van der Waals surface area contributed by atoms with Crippen molar-refractivity contribution in [2.75, 3.05) is 32.8 Å². The fraction of sp³-hybridized carbons (Fsp3) is 0.706. The summed E-state index contributed by atoms with van der Waals surface area (Å²) >= 11 is 0. The summed E-state index contributed by atoms with van der Waals surface area (Å²) in [4.78, 5) is 14.3. The number of hydrogen-bond acceptors (Lipinski definition) is 4. The van der Waals surface area contributed by atoms with Crippen LogP contribution < -0.4 is 5.32 Å². The van der Waals surface area contributed by atoms with Gasteiger partial charge >= 0.3 is 0 Å². The lowest BCUT2D eigenvalue weighted by atomic mass is 10.1. The molecular weight excluding hydrogens is 280 g/mol. The largest absolute Gasteiger partial charge is 0.465 e. The monoisotopic (exact) mass is 308 g/mol. The first-order chi connectivity index (χ1) is 10.6. The van der Waals surface area contributed by atoms with Crippen LogP contribution in [0.2, 0.25) is 0 Å². The first-order valence-electron chi connectivity index (χ1n) is 8.21. The third-order valence-corrected chi connectivity index (χ3v) is 4.02. The Bertz CT molecular complexity index is 464. The Hall–Kier alpha value is -1.33. The van der Waals surface area contributed by atoms with Crippen LogP contribution >= 0.6 is 0 Å². The third kappa shape index (κ3) is 5.14. The van der Waals surface area contributed by atoms with Crippen LogP contribution in [0.4, 0.5) is 0 Å². The van der Waals surface area contributed by atoms with E-state index in [-0.39, 0.29) is 11.9 Å². The average Bonchev–Trinajstić information content (AvgIpc) is 2.93. The summed E-state index contributed by atoms with van der Waals surface area (Å²) in [5, 5.41) is 3.06. The minimum absolute atomic E-state index is 0.0839. The molecule has 1 aromatic heterocycles. The maximum Gasteiger partial charge on any atom is 0.220 e. The van der Waals surface area contributed by atoms with E-state index in [1.54, 1.807) is 0 Å². The van der Waals surface area contributed by atoms with E-state index >= 15 is 0 Å². The molecule has 1 N–H and O–H groups in total. The fourth-order valence-corrected chi connectivity index (χ4v) is 2.65.